The summed E-state index contributed by atoms with van der Waals surface area (Å²) in [5, 5.41) is 0. The van der Waals surface area contributed by atoms with Gasteiger partial charge in [-0.25, -0.2) is 0 Å². The minimum atomic E-state index is -3.69. The summed E-state index contributed by atoms with van der Waals surface area (Å²) in [5.74, 6) is -0.254. The molecule has 126 valence electrons. The van der Waals surface area contributed by atoms with Gasteiger partial charge in [0.15, 0.2) is 0 Å². The molecule has 1 aromatic carbocycles. The van der Waals surface area contributed by atoms with Crippen molar-refractivity contribution in [3.63, 3.8) is 0 Å². The van der Waals surface area contributed by atoms with E-state index in [2.05, 4.69) is 6.92 Å². The first-order chi connectivity index (χ1) is 10.9. The Bertz CT molecular complexity index is 704. The SMILES string of the molecule is CC1CCCN(S(=O)(=O)N2Cc3ccccc3C[C@H]2C(N)=O)C1. The summed E-state index contributed by atoms with van der Waals surface area (Å²) in [5.41, 5.74) is 7.44. The summed E-state index contributed by atoms with van der Waals surface area (Å²) in [4.78, 5) is 11.9. The van der Waals surface area contributed by atoms with Crippen molar-refractivity contribution in [1.29, 1.82) is 0 Å². The molecular formula is C16H23N3O3S. The highest BCUT2D eigenvalue weighted by Crippen LogP contribution is 2.29. The van der Waals surface area contributed by atoms with Gasteiger partial charge in [-0.3, -0.25) is 4.79 Å². The molecule has 0 aliphatic carbocycles. The monoisotopic (exact) mass is 337 g/mol. The number of carbonyl (C=O) groups is 1. The molecule has 1 fully saturated rings. The lowest BCUT2D eigenvalue weighted by molar-refractivity contribution is -0.122. The maximum Gasteiger partial charge on any atom is 0.283 e. The van der Waals surface area contributed by atoms with Gasteiger partial charge in [0.2, 0.25) is 5.91 Å². The molecule has 2 aliphatic heterocycles. The Morgan fingerprint density at radius 2 is 1.96 bits per heavy atom. The van der Waals surface area contributed by atoms with Crippen LogP contribution in [0.5, 0.6) is 0 Å². The quantitative estimate of drug-likeness (QED) is 0.888. The second-order valence-electron chi connectivity index (χ2n) is 6.55. The molecule has 7 heteroatoms. The molecule has 2 N–H and O–H groups in total. The third-order valence-electron chi connectivity index (χ3n) is 4.78. The lowest BCUT2D eigenvalue weighted by Gasteiger charge is -2.39. The summed E-state index contributed by atoms with van der Waals surface area (Å²) in [6, 6.07) is 6.81. The number of piperidine rings is 1. The highest BCUT2D eigenvalue weighted by molar-refractivity contribution is 7.86. The van der Waals surface area contributed by atoms with Crippen LogP contribution in [0.2, 0.25) is 0 Å². The lowest BCUT2D eigenvalue weighted by Crippen LogP contribution is -2.56. The van der Waals surface area contributed by atoms with Gasteiger partial charge in [0.1, 0.15) is 6.04 Å². The fourth-order valence-electron chi connectivity index (χ4n) is 3.49. The van der Waals surface area contributed by atoms with Crippen molar-refractivity contribution in [2.75, 3.05) is 13.1 Å². The average molecular weight is 337 g/mol. The number of nitrogens with two attached hydrogens (primary N) is 1. The minimum Gasteiger partial charge on any atom is -0.368 e. The van der Waals surface area contributed by atoms with Crippen LogP contribution in [0.25, 0.3) is 0 Å². The van der Waals surface area contributed by atoms with Gasteiger partial charge in [0.05, 0.1) is 0 Å². The first kappa shape index (κ1) is 16.4. The van der Waals surface area contributed by atoms with Crippen LogP contribution < -0.4 is 5.73 Å². The molecule has 3 rings (SSSR count). The molecule has 2 aliphatic rings. The van der Waals surface area contributed by atoms with Crippen LogP contribution in [0.4, 0.5) is 0 Å². The zero-order valence-electron chi connectivity index (χ0n) is 13.3. The van der Waals surface area contributed by atoms with Crippen LogP contribution in [0.1, 0.15) is 30.9 Å². The summed E-state index contributed by atoms with van der Waals surface area (Å²) in [6.45, 7) is 3.28. The highest BCUT2D eigenvalue weighted by atomic mass is 32.2. The number of hydrogen-bond donors (Lipinski definition) is 1. The molecular weight excluding hydrogens is 314 g/mol. The van der Waals surface area contributed by atoms with Crippen molar-refractivity contribution in [2.45, 2.75) is 38.8 Å². The fraction of sp³-hybridized carbons (Fsp3) is 0.562. The van der Waals surface area contributed by atoms with Crippen molar-refractivity contribution in [2.24, 2.45) is 11.7 Å². The van der Waals surface area contributed by atoms with E-state index in [0.29, 0.717) is 25.4 Å². The predicted molar refractivity (Wildman–Crippen MR) is 87.6 cm³/mol. The van der Waals surface area contributed by atoms with Crippen LogP contribution in [0, 0.1) is 5.92 Å². The normalized spacial score (nSPS) is 26.7. The van der Waals surface area contributed by atoms with Crippen LogP contribution in [0.15, 0.2) is 24.3 Å². The molecule has 1 saturated heterocycles. The molecule has 6 nitrogen and oxygen atoms in total. The summed E-state index contributed by atoms with van der Waals surface area (Å²) in [6.07, 6.45) is 2.23. The molecule has 0 saturated carbocycles. The molecule has 2 heterocycles. The van der Waals surface area contributed by atoms with Crippen molar-refractivity contribution in [3.05, 3.63) is 35.4 Å². The van der Waals surface area contributed by atoms with Crippen LogP contribution in [-0.2, 0) is 28.0 Å². The van der Waals surface area contributed by atoms with Crippen LogP contribution >= 0.6 is 0 Å². The first-order valence-corrected chi connectivity index (χ1v) is 9.42. The third-order valence-corrected chi connectivity index (χ3v) is 6.74. The summed E-state index contributed by atoms with van der Waals surface area (Å²) >= 11 is 0. The molecule has 1 unspecified atom stereocenters. The first-order valence-electron chi connectivity index (χ1n) is 8.02. The summed E-state index contributed by atoms with van der Waals surface area (Å²) in [7, 11) is -3.69. The number of amides is 1. The second-order valence-corrected chi connectivity index (χ2v) is 8.43. The van der Waals surface area contributed by atoms with Gasteiger partial charge in [-0.15, -0.1) is 0 Å². The van der Waals surface area contributed by atoms with Gasteiger partial charge in [-0.1, -0.05) is 31.2 Å². The van der Waals surface area contributed by atoms with Gasteiger partial charge in [0.25, 0.3) is 10.2 Å². The largest absolute Gasteiger partial charge is 0.368 e. The van der Waals surface area contributed by atoms with Crippen molar-refractivity contribution >= 4 is 16.1 Å². The molecule has 0 bridgehead atoms. The summed E-state index contributed by atoms with van der Waals surface area (Å²) < 4.78 is 28.9. The zero-order chi connectivity index (χ0) is 16.6. The third kappa shape index (κ3) is 3.13. The van der Waals surface area contributed by atoms with E-state index in [0.717, 1.165) is 24.0 Å². The molecule has 1 amide bonds. The minimum absolute atomic E-state index is 0.205. The Balaban J connectivity index is 1.94. The molecule has 0 radical (unpaired) electrons. The topological polar surface area (TPSA) is 83.7 Å². The standard InChI is InChI=1S/C16H23N3O3S/c1-12-5-4-8-18(10-12)23(21,22)19-11-14-7-3-2-6-13(14)9-15(19)16(17)20/h2-3,6-7,12,15H,4-5,8-11H2,1H3,(H2,17,20)/t12?,15-/m0/s1. The van der Waals surface area contributed by atoms with E-state index in [-0.39, 0.29) is 6.54 Å². The number of benzene rings is 1. The van der Waals surface area contributed by atoms with Crippen LogP contribution in [0.3, 0.4) is 0 Å². The number of fused-ring (bicyclic) bond motifs is 1. The Morgan fingerprint density at radius 3 is 2.61 bits per heavy atom. The van der Waals surface area contributed by atoms with Crippen LogP contribution in [-0.4, -0.2) is 42.1 Å². The Kier molecular flexibility index (Phi) is 4.44. The molecule has 0 spiro atoms. The predicted octanol–water partition coefficient (Wildman–Crippen LogP) is 0.875. The molecule has 0 aromatic heterocycles. The molecule has 23 heavy (non-hydrogen) atoms. The fourth-order valence-corrected chi connectivity index (χ4v) is 5.39. The van der Waals surface area contributed by atoms with Gasteiger partial charge < -0.3 is 5.73 Å². The van der Waals surface area contributed by atoms with E-state index >= 15 is 0 Å². The highest BCUT2D eigenvalue weighted by Gasteiger charge is 2.41. The maximum atomic E-state index is 13.1. The van der Waals surface area contributed by atoms with Gasteiger partial charge in [-0.05, 0) is 36.3 Å². The van der Waals surface area contributed by atoms with E-state index in [1.165, 1.54) is 8.61 Å². The van der Waals surface area contributed by atoms with Crippen molar-refractivity contribution < 1.29 is 13.2 Å². The Hall–Kier alpha value is -1.44. The number of carbonyl (C=O) groups excluding carboxylic acids is 1. The average Bonchev–Trinajstić information content (AvgIpc) is 2.53. The van der Waals surface area contributed by atoms with Crippen molar-refractivity contribution in [1.82, 2.24) is 8.61 Å². The van der Waals surface area contributed by atoms with E-state index in [9.17, 15) is 13.2 Å². The van der Waals surface area contributed by atoms with Gasteiger partial charge in [-0.2, -0.15) is 17.0 Å². The second kappa shape index (κ2) is 6.22. The number of primary amides is 1. The van der Waals surface area contributed by atoms with Gasteiger partial charge in [0, 0.05) is 19.6 Å². The van der Waals surface area contributed by atoms with Crippen molar-refractivity contribution in [3.8, 4) is 0 Å². The van der Waals surface area contributed by atoms with E-state index < -0.39 is 22.2 Å². The number of nitrogens with zero attached hydrogens (tertiary/aromatic N) is 2. The lowest BCUT2D eigenvalue weighted by atomic mass is 9.96. The number of hydrogen-bond acceptors (Lipinski definition) is 3. The molecule has 2 atom stereocenters. The zero-order valence-corrected chi connectivity index (χ0v) is 14.1. The Labute approximate surface area is 137 Å². The maximum absolute atomic E-state index is 13.1. The Morgan fingerprint density at radius 1 is 1.26 bits per heavy atom. The smallest absolute Gasteiger partial charge is 0.283 e. The van der Waals surface area contributed by atoms with E-state index in [1.54, 1.807) is 0 Å². The number of rotatable bonds is 3. The van der Waals surface area contributed by atoms with E-state index in [1.807, 2.05) is 24.3 Å². The van der Waals surface area contributed by atoms with E-state index in [4.69, 9.17) is 5.73 Å². The molecule has 1 aromatic rings. The van der Waals surface area contributed by atoms with Gasteiger partial charge >= 0.3 is 0 Å².